The fourth-order valence-corrected chi connectivity index (χ4v) is 0.676. The summed E-state index contributed by atoms with van der Waals surface area (Å²) in [6.07, 6.45) is 2.13. The highest BCUT2D eigenvalue weighted by Gasteiger charge is 1.96. The fraction of sp³-hybridized carbons (Fsp3) is 0.750. The summed E-state index contributed by atoms with van der Waals surface area (Å²) >= 11 is 0. The molecule has 0 bridgehead atoms. The molecule has 0 saturated heterocycles. The zero-order valence-electron chi connectivity index (χ0n) is 6.49. The predicted molar refractivity (Wildman–Crippen MR) is 41.2 cm³/mol. The molecule has 1 N–H and O–H groups in total. The molecule has 0 fully saturated rings. The second-order valence-corrected chi connectivity index (χ2v) is 2.02. The highest BCUT2D eigenvalue weighted by atomic mass is 14.9. The zero-order valence-corrected chi connectivity index (χ0v) is 6.49. The molecule has 1 heteroatoms. The van der Waals surface area contributed by atoms with Crippen molar-refractivity contribution in [3.63, 3.8) is 0 Å². The molecular weight excluding hydrogens is 110 g/mol. The van der Waals surface area contributed by atoms with Crippen molar-refractivity contribution in [1.29, 1.82) is 0 Å². The van der Waals surface area contributed by atoms with Crippen molar-refractivity contribution < 1.29 is 0 Å². The van der Waals surface area contributed by atoms with E-state index in [4.69, 9.17) is 0 Å². The maximum atomic E-state index is 3.18. The molecule has 0 heterocycles. The van der Waals surface area contributed by atoms with Gasteiger partial charge in [-0.25, -0.2) is 0 Å². The number of hydrogen-bond donors (Lipinski definition) is 1. The first kappa shape index (κ1) is 8.52. The summed E-state index contributed by atoms with van der Waals surface area (Å²) in [5.41, 5.74) is 0. The smallest absolute Gasteiger partial charge is 0.0243 e. The van der Waals surface area contributed by atoms with E-state index in [0.29, 0.717) is 6.04 Å². The van der Waals surface area contributed by atoms with Gasteiger partial charge >= 0.3 is 0 Å². The standard InChI is InChI=1S/C8H15N/c1-4-6-7-8(5-2)9-3/h8-9H,5,7H2,1-3H3. The summed E-state index contributed by atoms with van der Waals surface area (Å²) in [7, 11) is 1.98. The van der Waals surface area contributed by atoms with Crippen LogP contribution in [-0.4, -0.2) is 13.1 Å². The van der Waals surface area contributed by atoms with E-state index in [0.717, 1.165) is 12.8 Å². The van der Waals surface area contributed by atoms with Gasteiger partial charge in [0.25, 0.3) is 0 Å². The van der Waals surface area contributed by atoms with Crippen molar-refractivity contribution in [2.75, 3.05) is 7.05 Å². The Balaban J connectivity index is 3.39. The van der Waals surface area contributed by atoms with E-state index in [2.05, 4.69) is 24.1 Å². The summed E-state index contributed by atoms with van der Waals surface area (Å²) in [5.74, 6) is 5.91. The molecule has 0 aromatic rings. The molecule has 0 saturated carbocycles. The van der Waals surface area contributed by atoms with Crippen LogP contribution in [0.3, 0.4) is 0 Å². The van der Waals surface area contributed by atoms with Crippen molar-refractivity contribution in [2.45, 2.75) is 32.7 Å². The van der Waals surface area contributed by atoms with Crippen molar-refractivity contribution >= 4 is 0 Å². The largest absolute Gasteiger partial charge is 0.316 e. The van der Waals surface area contributed by atoms with E-state index in [-0.39, 0.29) is 0 Å². The molecule has 9 heavy (non-hydrogen) atoms. The van der Waals surface area contributed by atoms with E-state index in [1.165, 1.54) is 0 Å². The summed E-state index contributed by atoms with van der Waals surface area (Å²) in [5, 5.41) is 3.18. The molecule has 1 unspecified atom stereocenters. The Bertz CT molecular complexity index is 103. The first-order valence-electron chi connectivity index (χ1n) is 3.42. The molecule has 0 aromatic carbocycles. The van der Waals surface area contributed by atoms with E-state index in [1.807, 2.05) is 14.0 Å². The average Bonchev–Trinajstić information content (AvgIpc) is 1.91. The lowest BCUT2D eigenvalue weighted by atomic mass is 10.2. The zero-order chi connectivity index (χ0) is 7.11. The highest BCUT2D eigenvalue weighted by Crippen LogP contribution is 1.93. The van der Waals surface area contributed by atoms with Gasteiger partial charge in [0.05, 0.1) is 0 Å². The minimum Gasteiger partial charge on any atom is -0.316 e. The predicted octanol–water partition coefficient (Wildman–Crippen LogP) is 1.40. The van der Waals surface area contributed by atoms with Gasteiger partial charge in [0.15, 0.2) is 0 Å². The SMILES string of the molecule is CC#CCC(CC)NC. The third-order valence-electron chi connectivity index (χ3n) is 1.43. The van der Waals surface area contributed by atoms with Gasteiger partial charge in [-0.05, 0) is 20.4 Å². The van der Waals surface area contributed by atoms with Crippen LogP contribution in [-0.2, 0) is 0 Å². The summed E-state index contributed by atoms with van der Waals surface area (Å²) in [4.78, 5) is 0. The molecule has 52 valence electrons. The van der Waals surface area contributed by atoms with Gasteiger partial charge in [0.2, 0.25) is 0 Å². The molecule has 0 rings (SSSR count). The molecule has 0 aliphatic heterocycles. The maximum absolute atomic E-state index is 3.18. The Morgan fingerprint density at radius 3 is 2.56 bits per heavy atom. The molecule has 0 amide bonds. The van der Waals surface area contributed by atoms with Crippen molar-refractivity contribution in [3.05, 3.63) is 0 Å². The van der Waals surface area contributed by atoms with Crippen LogP contribution in [0.5, 0.6) is 0 Å². The van der Waals surface area contributed by atoms with Gasteiger partial charge in [-0.3, -0.25) is 0 Å². The van der Waals surface area contributed by atoms with Crippen LogP contribution in [0, 0.1) is 11.8 Å². The van der Waals surface area contributed by atoms with E-state index >= 15 is 0 Å². The van der Waals surface area contributed by atoms with Crippen LogP contribution in [0.2, 0.25) is 0 Å². The van der Waals surface area contributed by atoms with E-state index < -0.39 is 0 Å². The average molecular weight is 125 g/mol. The summed E-state index contributed by atoms with van der Waals surface area (Å²) < 4.78 is 0. The Kier molecular flexibility index (Phi) is 5.35. The third kappa shape index (κ3) is 4.05. The highest BCUT2D eigenvalue weighted by molar-refractivity contribution is 4.97. The van der Waals surface area contributed by atoms with Crippen LogP contribution in [0.15, 0.2) is 0 Å². The molecule has 1 atom stereocenters. The van der Waals surface area contributed by atoms with Gasteiger partial charge in [-0.2, -0.15) is 0 Å². The van der Waals surface area contributed by atoms with Crippen LogP contribution >= 0.6 is 0 Å². The molecular formula is C8H15N. The molecule has 0 radical (unpaired) electrons. The normalized spacial score (nSPS) is 11.9. The lowest BCUT2D eigenvalue weighted by Gasteiger charge is -2.07. The Morgan fingerprint density at radius 2 is 2.22 bits per heavy atom. The van der Waals surface area contributed by atoms with Gasteiger partial charge in [0.1, 0.15) is 0 Å². The maximum Gasteiger partial charge on any atom is 0.0243 e. The number of hydrogen-bond acceptors (Lipinski definition) is 1. The molecule has 1 nitrogen and oxygen atoms in total. The molecule has 0 aromatic heterocycles. The quantitative estimate of drug-likeness (QED) is 0.562. The fourth-order valence-electron chi connectivity index (χ4n) is 0.676. The van der Waals surface area contributed by atoms with Crippen LogP contribution in [0.25, 0.3) is 0 Å². The van der Waals surface area contributed by atoms with Crippen molar-refractivity contribution in [2.24, 2.45) is 0 Å². The van der Waals surface area contributed by atoms with Crippen LogP contribution < -0.4 is 5.32 Å². The monoisotopic (exact) mass is 125 g/mol. The van der Waals surface area contributed by atoms with Crippen molar-refractivity contribution in [3.8, 4) is 11.8 Å². The van der Waals surface area contributed by atoms with Gasteiger partial charge in [-0.1, -0.05) is 6.92 Å². The Labute approximate surface area is 57.8 Å². The molecule has 0 aliphatic rings. The van der Waals surface area contributed by atoms with E-state index in [1.54, 1.807) is 0 Å². The number of rotatable bonds is 3. The first-order chi connectivity index (χ1) is 4.35. The molecule has 0 aliphatic carbocycles. The van der Waals surface area contributed by atoms with Crippen LogP contribution in [0.4, 0.5) is 0 Å². The summed E-state index contributed by atoms with van der Waals surface area (Å²) in [6.45, 7) is 4.04. The molecule has 0 spiro atoms. The minimum atomic E-state index is 0.581. The lowest BCUT2D eigenvalue weighted by molar-refractivity contribution is 0.559. The third-order valence-corrected chi connectivity index (χ3v) is 1.43. The number of nitrogens with one attached hydrogen (secondary N) is 1. The second-order valence-electron chi connectivity index (χ2n) is 2.02. The summed E-state index contributed by atoms with van der Waals surface area (Å²) in [6, 6.07) is 0.581. The Morgan fingerprint density at radius 1 is 1.56 bits per heavy atom. The van der Waals surface area contributed by atoms with Gasteiger partial charge in [0, 0.05) is 12.5 Å². The lowest BCUT2D eigenvalue weighted by Crippen LogP contribution is -2.23. The first-order valence-corrected chi connectivity index (χ1v) is 3.42. The van der Waals surface area contributed by atoms with E-state index in [9.17, 15) is 0 Å². The van der Waals surface area contributed by atoms with Crippen molar-refractivity contribution in [1.82, 2.24) is 5.32 Å². The van der Waals surface area contributed by atoms with Crippen LogP contribution in [0.1, 0.15) is 26.7 Å². The van der Waals surface area contributed by atoms with Gasteiger partial charge in [-0.15, -0.1) is 11.8 Å². The van der Waals surface area contributed by atoms with Gasteiger partial charge < -0.3 is 5.32 Å². The Hall–Kier alpha value is -0.480. The topological polar surface area (TPSA) is 12.0 Å². The second kappa shape index (κ2) is 5.65. The minimum absolute atomic E-state index is 0.581.